The average molecular weight is 270 g/mol. The van der Waals surface area contributed by atoms with Gasteiger partial charge in [-0.25, -0.2) is 4.79 Å². The zero-order valence-electron chi connectivity index (χ0n) is 9.57. The van der Waals surface area contributed by atoms with Crippen LogP contribution < -0.4 is 11.2 Å². The molecule has 18 heavy (non-hydrogen) atoms. The van der Waals surface area contributed by atoms with Crippen LogP contribution in [0.3, 0.4) is 0 Å². The molecule has 0 saturated heterocycles. The van der Waals surface area contributed by atoms with Crippen LogP contribution in [-0.2, 0) is 10.1 Å². The second-order valence-corrected chi connectivity index (χ2v) is 5.31. The Labute approximate surface area is 101 Å². The fraction of sp³-hybridized carbons (Fsp3) is 0.200. The molecule has 7 nitrogen and oxygen atoms in total. The third kappa shape index (κ3) is 1.85. The van der Waals surface area contributed by atoms with E-state index in [1.807, 2.05) is 4.98 Å². The zero-order chi connectivity index (χ0) is 13.7. The quantitative estimate of drug-likeness (QED) is 0.634. The Kier molecular flexibility index (Phi) is 2.63. The molecule has 0 aliphatic rings. The van der Waals surface area contributed by atoms with Gasteiger partial charge in [-0.1, -0.05) is 0 Å². The van der Waals surface area contributed by atoms with Gasteiger partial charge in [-0.2, -0.15) is 8.42 Å². The van der Waals surface area contributed by atoms with E-state index in [1.54, 1.807) is 0 Å². The third-order valence-electron chi connectivity index (χ3n) is 2.66. The summed E-state index contributed by atoms with van der Waals surface area (Å²) in [7, 11) is -4.43. The van der Waals surface area contributed by atoms with Crippen LogP contribution in [-0.4, -0.2) is 22.9 Å². The van der Waals surface area contributed by atoms with Gasteiger partial charge in [0, 0.05) is 0 Å². The van der Waals surface area contributed by atoms with Crippen LogP contribution in [0.15, 0.2) is 20.6 Å². The van der Waals surface area contributed by atoms with Crippen molar-refractivity contribution in [1.82, 2.24) is 9.97 Å². The average Bonchev–Trinajstić information content (AvgIpc) is 2.11. The zero-order valence-corrected chi connectivity index (χ0v) is 10.4. The van der Waals surface area contributed by atoms with Crippen LogP contribution in [0.5, 0.6) is 0 Å². The highest BCUT2D eigenvalue weighted by molar-refractivity contribution is 7.86. The first-order valence-corrected chi connectivity index (χ1v) is 6.40. The molecule has 0 amide bonds. The molecule has 8 heteroatoms. The molecule has 0 aliphatic carbocycles. The standard InChI is InChI=1S/C10H10N2O5S/c1-4-3-6-7(9(13)12-10(14)11-6)5(2)8(4)18(15,16)17/h3H,1-2H3,(H,15,16,17)(H2,11,12,13,14). The van der Waals surface area contributed by atoms with E-state index in [2.05, 4.69) is 4.98 Å². The highest BCUT2D eigenvalue weighted by Gasteiger charge is 2.20. The third-order valence-corrected chi connectivity index (χ3v) is 3.81. The summed E-state index contributed by atoms with van der Waals surface area (Å²) in [6.07, 6.45) is 0. The maximum atomic E-state index is 11.7. The molecule has 0 unspecified atom stereocenters. The summed E-state index contributed by atoms with van der Waals surface area (Å²) in [5.41, 5.74) is -0.790. The van der Waals surface area contributed by atoms with Gasteiger partial charge in [0.1, 0.15) is 4.90 Å². The summed E-state index contributed by atoms with van der Waals surface area (Å²) in [6.45, 7) is 2.86. The minimum absolute atomic E-state index is 0.0350. The molecule has 0 saturated carbocycles. The number of hydrogen-bond acceptors (Lipinski definition) is 4. The lowest BCUT2D eigenvalue weighted by molar-refractivity contribution is 0.482. The number of hydrogen-bond donors (Lipinski definition) is 3. The lowest BCUT2D eigenvalue weighted by Crippen LogP contribution is -2.23. The first kappa shape index (κ1) is 12.5. The summed E-state index contributed by atoms with van der Waals surface area (Å²) >= 11 is 0. The van der Waals surface area contributed by atoms with Gasteiger partial charge in [0.15, 0.2) is 0 Å². The molecule has 0 atom stereocenters. The summed E-state index contributed by atoms with van der Waals surface area (Å²) in [5, 5.41) is 0.0350. The summed E-state index contributed by atoms with van der Waals surface area (Å²) in [4.78, 5) is 26.9. The molecule has 0 radical (unpaired) electrons. The van der Waals surface area contributed by atoms with Crippen LogP contribution in [0.2, 0.25) is 0 Å². The maximum absolute atomic E-state index is 11.7. The topological polar surface area (TPSA) is 120 Å². The van der Waals surface area contributed by atoms with E-state index in [0.717, 1.165) is 0 Å². The van der Waals surface area contributed by atoms with Crippen molar-refractivity contribution >= 4 is 21.0 Å². The van der Waals surface area contributed by atoms with E-state index in [9.17, 15) is 18.0 Å². The number of aromatic nitrogens is 2. The number of fused-ring (bicyclic) bond motifs is 1. The Hall–Kier alpha value is -1.93. The molecule has 2 aromatic rings. The highest BCUT2D eigenvalue weighted by atomic mass is 32.2. The van der Waals surface area contributed by atoms with Crippen molar-refractivity contribution in [2.45, 2.75) is 18.7 Å². The smallest absolute Gasteiger partial charge is 0.307 e. The van der Waals surface area contributed by atoms with Crippen molar-refractivity contribution in [3.8, 4) is 0 Å². The molecule has 1 heterocycles. The van der Waals surface area contributed by atoms with Gasteiger partial charge in [0.2, 0.25) is 0 Å². The molecule has 96 valence electrons. The van der Waals surface area contributed by atoms with Gasteiger partial charge in [-0.15, -0.1) is 0 Å². The van der Waals surface area contributed by atoms with Gasteiger partial charge < -0.3 is 4.98 Å². The highest BCUT2D eigenvalue weighted by Crippen LogP contribution is 2.24. The van der Waals surface area contributed by atoms with Crippen molar-refractivity contribution in [2.24, 2.45) is 0 Å². The first-order chi connectivity index (χ1) is 8.21. The Balaban J connectivity index is 3.14. The Morgan fingerprint density at radius 2 is 1.78 bits per heavy atom. The fourth-order valence-corrected chi connectivity index (χ4v) is 3.03. The van der Waals surface area contributed by atoms with Crippen molar-refractivity contribution < 1.29 is 13.0 Å². The molecule has 0 spiro atoms. The lowest BCUT2D eigenvalue weighted by Gasteiger charge is -2.09. The molecule has 1 aromatic carbocycles. The van der Waals surface area contributed by atoms with E-state index in [4.69, 9.17) is 4.55 Å². The van der Waals surface area contributed by atoms with Crippen molar-refractivity contribution in [1.29, 1.82) is 0 Å². The van der Waals surface area contributed by atoms with Crippen LogP contribution in [0.1, 0.15) is 11.1 Å². The Bertz CT molecular complexity index is 860. The minimum Gasteiger partial charge on any atom is -0.307 e. The van der Waals surface area contributed by atoms with Crippen LogP contribution >= 0.6 is 0 Å². The molecule has 1 aromatic heterocycles. The van der Waals surface area contributed by atoms with E-state index in [0.29, 0.717) is 0 Å². The molecule has 3 N–H and O–H groups in total. The number of benzene rings is 1. The number of H-pyrrole nitrogens is 2. The fourth-order valence-electron chi connectivity index (χ4n) is 2.07. The van der Waals surface area contributed by atoms with Gasteiger partial charge >= 0.3 is 5.69 Å². The molecular weight excluding hydrogens is 260 g/mol. The molecule has 0 bridgehead atoms. The van der Waals surface area contributed by atoms with Gasteiger partial charge in [0.05, 0.1) is 10.9 Å². The second kappa shape index (κ2) is 3.79. The second-order valence-electron chi connectivity index (χ2n) is 3.95. The molecule has 0 aliphatic heterocycles. The predicted octanol–water partition coefficient (Wildman–Crippen LogP) is 0.0799. The molecule has 0 fully saturated rings. The van der Waals surface area contributed by atoms with Crippen LogP contribution in [0.25, 0.3) is 10.9 Å². The largest absolute Gasteiger partial charge is 0.326 e. The van der Waals surface area contributed by atoms with E-state index < -0.39 is 21.4 Å². The van der Waals surface area contributed by atoms with Crippen LogP contribution in [0, 0.1) is 13.8 Å². The molecule has 2 rings (SSSR count). The number of aryl methyl sites for hydroxylation is 2. The first-order valence-electron chi connectivity index (χ1n) is 4.96. The summed E-state index contributed by atoms with van der Waals surface area (Å²) in [5.74, 6) is 0. The van der Waals surface area contributed by atoms with E-state index in [1.165, 1.54) is 19.9 Å². The SMILES string of the molecule is Cc1cc2[nH]c(=O)[nH]c(=O)c2c(C)c1S(=O)(=O)O. The Morgan fingerprint density at radius 1 is 1.17 bits per heavy atom. The van der Waals surface area contributed by atoms with Gasteiger partial charge in [0.25, 0.3) is 15.7 Å². The number of nitrogens with one attached hydrogen (secondary N) is 2. The van der Waals surface area contributed by atoms with Crippen molar-refractivity contribution in [3.63, 3.8) is 0 Å². The minimum atomic E-state index is -4.43. The normalized spacial score (nSPS) is 11.9. The predicted molar refractivity (Wildman–Crippen MR) is 64.5 cm³/mol. The van der Waals surface area contributed by atoms with Crippen LogP contribution in [0.4, 0.5) is 0 Å². The summed E-state index contributed by atoms with van der Waals surface area (Å²) < 4.78 is 31.7. The van der Waals surface area contributed by atoms with Crippen molar-refractivity contribution in [3.05, 3.63) is 38.0 Å². The van der Waals surface area contributed by atoms with E-state index in [-0.39, 0.29) is 26.9 Å². The summed E-state index contributed by atoms with van der Waals surface area (Å²) in [6, 6.07) is 1.34. The van der Waals surface area contributed by atoms with Crippen molar-refractivity contribution in [2.75, 3.05) is 0 Å². The van der Waals surface area contributed by atoms with Gasteiger partial charge in [-0.05, 0) is 31.0 Å². The van der Waals surface area contributed by atoms with E-state index >= 15 is 0 Å². The van der Waals surface area contributed by atoms with Gasteiger partial charge in [-0.3, -0.25) is 14.3 Å². The monoisotopic (exact) mass is 270 g/mol. The number of rotatable bonds is 1. The molecular formula is C10H10N2O5S. The number of aromatic amines is 2. The lowest BCUT2D eigenvalue weighted by atomic mass is 10.1. The maximum Gasteiger partial charge on any atom is 0.326 e. The Morgan fingerprint density at radius 3 is 2.33 bits per heavy atom.